The molecule has 0 amide bonds. The highest BCUT2D eigenvalue weighted by atomic mass is 16.7. The third-order valence-corrected chi connectivity index (χ3v) is 3.19. The van der Waals surface area contributed by atoms with Crippen LogP contribution in [-0.2, 0) is 4.79 Å². The van der Waals surface area contributed by atoms with Crippen LogP contribution in [0.25, 0.3) is 0 Å². The van der Waals surface area contributed by atoms with Gasteiger partial charge in [-0.05, 0) is 18.1 Å². The normalized spacial score (nSPS) is 14.5. The van der Waals surface area contributed by atoms with E-state index in [-0.39, 0.29) is 25.0 Å². The second kappa shape index (κ2) is 5.82. The van der Waals surface area contributed by atoms with Gasteiger partial charge in [-0.2, -0.15) is 0 Å². The average Bonchev–Trinajstić information content (AvgIpc) is 2.80. The van der Waals surface area contributed by atoms with Crippen LogP contribution in [0.4, 0.5) is 0 Å². The van der Waals surface area contributed by atoms with E-state index >= 15 is 0 Å². The van der Waals surface area contributed by atoms with Crippen molar-refractivity contribution < 1.29 is 24.1 Å². The number of rotatable bonds is 6. The van der Waals surface area contributed by atoms with Gasteiger partial charge in [0.25, 0.3) is 0 Å². The van der Waals surface area contributed by atoms with E-state index in [1.54, 1.807) is 18.2 Å². The van der Waals surface area contributed by atoms with Crippen LogP contribution in [0.5, 0.6) is 17.2 Å². The molecule has 1 aromatic rings. The quantitative estimate of drug-likeness (QED) is 0.857. The van der Waals surface area contributed by atoms with E-state index < -0.39 is 5.97 Å². The first-order valence-electron chi connectivity index (χ1n) is 6.30. The number of carboxylic acids is 1. The van der Waals surface area contributed by atoms with Crippen LogP contribution in [-0.4, -0.2) is 24.5 Å². The molecular formula is C14H18O5. The van der Waals surface area contributed by atoms with Crippen molar-refractivity contribution in [2.75, 3.05) is 13.4 Å². The predicted molar refractivity (Wildman–Crippen MR) is 68.6 cm³/mol. The molecule has 104 valence electrons. The average molecular weight is 266 g/mol. The maximum Gasteiger partial charge on any atom is 0.303 e. The van der Waals surface area contributed by atoms with Crippen molar-refractivity contribution >= 4 is 5.97 Å². The number of carbonyl (C=O) groups is 1. The molecule has 0 radical (unpaired) electrons. The summed E-state index contributed by atoms with van der Waals surface area (Å²) >= 11 is 0. The Morgan fingerprint density at radius 2 is 2.11 bits per heavy atom. The van der Waals surface area contributed by atoms with Crippen LogP contribution in [0, 0.1) is 11.8 Å². The van der Waals surface area contributed by atoms with E-state index in [4.69, 9.17) is 19.3 Å². The molecule has 1 aliphatic rings. The van der Waals surface area contributed by atoms with E-state index in [2.05, 4.69) is 0 Å². The molecule has 0 aromatic heterocycles. The zero-order chi connectivity index (χ0) is 13.8. The van der Waals surface area contributed by atoms with Gasteiger partial charge in [0.05, 0.1) is 13.0 Å². The molecule has 0 saturated heterocycles. The number of hydrogen-bond acceptors (Lipinski definition) is 4. The van der Waals surface area contributed by atoms with Crippen molar-refractivity contribution in [3.8, 4) is 17.2 Å². The zero-order valence-corrected chi connectivity index (χ0v) is 11.1. The summed E-state index contributed by atoms with van der Waals surface area (Å²) in [7, 11) is 0. The van der Waals surface area contributed by atoms with E-state index in [9.17, 15) is 4.79 Å². The second-order valence-electron chi connectivity index (χ2n) is 4.93. The summed E-state index contributed by atoms with van der Waals surface area (Å²) in [5.74, 6) is 1.48. The number of aliphatic carboxylic acids is 1. The van der Waals surface area contributed by atoms with Crippen molar-refractivity contribution in [1.82, 2.24) is 0 Å². The predicted octanol–water partition coefficient (Wildman–Crippen LogP) is 2.54. The summed E-state index contributed by atoms with van der Waals surface area (Å²) in [6, 6.07) is 5.35. The fourth-order valence-corrected chi connectivity index (χ4v) is 1.88. The lowest BCUT2D eigenvalue weighted by atomic mass is 9.93. The fraction of sp³-hybridized carbons (Fsp3) is 0.500. The summed E-state index contributed by atoms with van der Waals surface area (Å²) in [6.45, 7) is 4.60. The first-order chi connectivity index (χ1) is 9.06. The Balaban J connectivity index is 1.95. The number of carboxylic acid groups (broad SMARTS) is 1. The monoisotopic (exact) mass is 266 g/mol. The van der Waals surface area contributed by atoms with Crippen molar-refractivity contribution in [1.29, 1.82) is 0 Å². The van der Waals surface area contributed by atoms with Gasteiger partial charge in [0.15, 0.2) is 11.5 Å². The summed E-state index contributed by atoms with van der Waals surface area (Å²) < 4.78 is 16.1. The Bertz CT molecular complexity index is 455. The van der Waals surface area contributed by atoms with Gasteiger partial charge in [-0.15, -0.1) is 0 Å². The molecule has 0 spiro atoms. The van der Waals surface area contributed by atoms with E-state index in [0.717, 1.165) is 0 Å². The molecule has 1 atom stereocenters. The molecule has 1 aliphatic heterocycles. The highest BCUT2D eigenvalue weighted by molar-refractivity contribution is 5.67. The Kier molecular flexibility index (Phi) is 4.14. The zero-order valence-electron chi connectivity index (χ0n) is 11.1. The van der Waals surface area contributed by atoms with Gasteiger partial charge in [0.1, 0.15) is 5.75 Å². The maximum atomic E-state index is 10.8. The lowest BCUT2D eigenvalue weighted by Gasteiger charge is -2.19. The van der Waals surface area contributed by atoms with Gasteiger partial charge >= 0.3 is 5.97 Å². The van der Waals surface area contributed by atoms with Gasteiger partial charge in [-0.1, -0.05) is 13.8 Å². The lowest BCUT2D eigenvalue weighted by molar-refractivity contribution is -0.138. The second-order valence-corrected chi connectivity index (χ2v) is 4.93. The van der Waals surface area contributed by atoms with Crippen molar-refractivity contribution in [2.24, 2.45) is 11.8 Å². The number of fused-ring (bicyclic) bond motifs is 1. The van der Waals surface area contributed by atoms with Gasteiger partial charge in [0.2, 0.25) is 6.79 Å². The van der Waals surface area contributed by atoms with Crippen LogP contribution in [0.3, 0.4) is 0 Å². The highest BCUT2D eigenvalue weighted by Crippen LogP contribution is 2.35. The third kappa shape index (κ3) is 3.53. The minimum absolute atomic E-state index is 0.0112. The Labute approximate surface area is 112 Å². The van der Waals surface area contributed by atoms with Crippen LogP contribution in [0.15, 0.2) is 18.2 Å². The van der Waals surface area contributed by atoms with Crippen LogP contribution >= 0.6 is 0 Å². The molecule has 0 aliphatic carbocycles. The van der Waals surface area contributed by atoms with E-state index in [1.165, 1.54) is 0 Å². The van der Waals surface area contributed by atoms with Crippen LogP contribution < -0.4 is 14.2 Å². The summed E-state index contributed by atoms with van der Waals surface area (Å²) in [6.07, 6.45) is 0.113. The highest BCUT2D eigenvalue weighted by Gasteiger charge is 2.19. The molecule has 0 bridgehead atoms. The Morgan fingerprint density at radius 3 is 2.79 bits per heavy atom. The van der Waals surface area contributed by atoms with Gasteiger partial charge in [-0.3, -0.25) is 4.79 Å². The molecule has 1 unspecified atom stereocenters. The minimum Gasteiger partial charge on any atom is -0.493 e. The molecule has 1 aromatic carbocycles. The largest absolute Gasteiger partial charge is 0.493 e. The molecule has 0 fully saturated rings. The Morgan fingerprint density at radius 1 is 1.37 bits per heavy atom. The van der Waals surface area contributed by atoms with Crippen molar-refractivity contribution in [3.05, 3.63) is 18.2 Å². The van der Waals surface area contributed by atoms with Crippen molar-refractivity contribution in [2.45, 2.75) is 20.3 Å². The van der Waals surface area contributed by atoms with Gasteiger partial charge in [-0.25, -0.2) is 0 Å². The summed E-state index contributed by atoms with van der Waals surface area (Å²) in [5.41, 5.74) is 0. The van der Waals surface area contributed by atoms with E-state index in [0.29, 0.717) is 23.9 Å². The SMILES string of the molecule is CC(C)C(COc1ccc2c(c1)OCO2)CC(=O)O. The smallest absolute Gasteiger partial charge is 0.303 e. The summed E-state index contributed by atoms with van der Waals surface area (Å²) in [4.78, 5) is 10.8. The first kappa shape index (κ1) is 13.5. The number of ether oxygens (including phenoxy) is 3. The number of benzene rings is 1. The molecule has 5 nitrogen and oxygen atoms in total. The summed E-state index contributed by atoms with van der Waals surface area (Å²) in [5, 5.41) is 8.86. The molecule has 5 heteroatoms. The first-order valence-corrected chi connectivity index (χ1v) is 6.30. The third-order valence-electron chi connectivity index (χ3n) is 3.19. The molecule has 2 rings (SSSR count). The molecule has 19 heavy (non-hydrogen) atoms. The Hall–Kier alpha value is -1.91. The van der Waals surface area contributed by atoms with Gasteiger partial charge < -0.3 is 19.3 Å². The number of hydrogen-bond donors (Lipinski definition) is 1. The lowest BCUT2D eigenvalue weighted by Crippen LogP contribution is -2.21. The molecule has 1 N–H and O–H groups in total. The topological polar surface area (TPSA) is 65.0 Å². The standard InChI is InChI=1S/C14H18O5/c1-9(2)10(5-14(15)16)7-17-11-3-4-12-13(6-11)19-8-18-12/h3-4,6,9-10H,5,7-8H2,1-2H3,(H,15,16). The van der Waals surface area contributed by atoms with Crippen molar-refractivity contribution in [3.63, 3.8) is 0 Å². The van der Waals surface area contributed by atoms with Crippen LogP contribution in [0.2, 0.25) is 0 Å². The van der Waals surface area contributed by atoms with Gasteiger partial charge in [0, 0.05) is 12.0 Å². The minimum atomic E-state index is -0.798. The van der Waals surface area contributed by atoms with Crippen LogP contribution in [0.1, 0.15) is 20.3 Å². The fourth-order valence-electron chi connectivity index (χ4n) is 1.88. The molecular weight excluding hydrogens is 248 g/mol. The molecule has 0 saturated carbocycles. The molecule has 1 heterocycles. The maximum absolute atomic E-state index is 10.8. The van der Waals surface area contributed by atoms with E-state index in [1.807, 2.05) is 13.8 Å².